The van der Waals surface area contributed by atoms with E-state index in [1.165, 1.54) is 122 Å². The largest absolute Gasteiger partial charge is 0.394 e. The standard InChI is InChI=1S/C37H73NO5/c1-3-5-7-9-11-13-15-17-18-19-21-22-24-26-28-30-34(40)36(42)33(32-39)38-37(43)35(41)31-29-27-25-23-20-16-14-12-10-8-6-4-2/h22,24,33-36,39-42H,3-21,23,25-32H2,1-2H3,(H,38,43)/b24-22+. The molecule has 6 heteroatoms. The van der Waals surface area contributed by atoms with E-state index in [4.69, 9.17) is 0 Å². The van der Waals surface area contributed by atoms with E-state index in [-0.39, 0.29) is 0 Å². The van der Waals surface area contributed by atoms with Crippen molar-refractivity contribution < 1.29 is 25.2 Å². The topological polar surface area (TPSA) is 110 Å². The molecule has 0 saturated carbocycles. The van der Waals surface area contributed by atoms with E-state index in [1.54, 1.807) is 0 Å². The Morgan fingerprint density at radius 3 is 1.40 bits per heavy atom. The number of hydrogen-bond acceptors (Lipinski definition) is 5. The van der Waals surface area contributed by atoms with Crippen molar-refractivity contribution in [3.63, 3.8) is 0 Å². The molecule has 0 radical (unpaired) electrons. The molecule has 256 valence electrons. The van der Waals surface area contributed by atoms with Crippen molar-refractivity contribution in [3.05, 3.63) is 12.2 Å². The fraction of sp³-hybridized carbons (Fsp3) is 0.919. The summed E-state index contributed by atoms with van der Waals surface area (Å²) < 4.78 is 0. The van der Waals surface area contributed by atoms with Gasteiger partial charge in [0.2, 0.25) is 5.91 Å². The SMILES string of the molecule is CCCCCCCCCCCC/C=C/CCCC(O)C(O)C(CO)NC(=O)C(O)CCCCCCCCCCCCCC. The highest BCUT2D eigenvalue weighted by Gasteiger charge is 2.28. The maximum absolute atomic E-state index is 12.4. The second-order valence-electron chi connectivity index (χ2n) is 12.9. The van der Waals surface area contributed by atoms with Crippen LogP contribution >= 0.6 is 0 Å². The maximum atomic E-state index is 12.4. The summed E-state index contributed by atoms with van der Waals surface area (Å²) >= 11 is 0. The molecule has 43 heavy (non-hydrogen) atoms. The second kappa shape index (κ2) is 32.4. The summed E-state index contributed by atoms with van der Waals surface area (Å²) in [6.45, 7) is 4.01. The number of allylic oxidation sites excluding steroid dienone is 2. The lowest BCUT2D eigenvalue weighted by atomic mass is 10.00. The van der Waals surface area contributed by atoms with Gasteiger partial charge in [-0.2, -0.15) is 0 Å². The summed E-state index contributed by atoms with van der Waals surface area (Å²) in [7, 11) is 0. The van der Waals surface area contributed by atoms with Crippen LogP contribution in [0.15, 0.2) is 12.2 Å². The van der Waals surface area contributed by atoms with Crippen LogP contribution in [0.1, 0.15) is 187 Å². The zero-order valence-corrected chi connectivity index (χ0v) is 28.5. The van der Waals surface area contributed by atoms with Gasteiger partial charge in [0.15, 0.2) is 0 Å². The van der Waals surface area contributed by atoms with E-state index in [0.29, 0.717) is 12.8 Å². The molecule has 4 atom stereocenters. The van der Waals surface area contributed by atoms with Gasteiger partial charge in [0.05, 0.1) is 18.8 Å². The van der Waals surface area contributed by atoms with Gasteiger partial charge in [0.1, 0.15) is 12.2 Å². The molecule has 1 amide bonds. The molecule has 0 aromatic carbocycles. The smallest absolute Gasteiger partial charge is 0.249 e. The molecule has 0 spiro atoms. The number of aliphatic hydroxyl groups excluding tert-OH is 4. The van der Waals surface area contributed by atoms with Crippen LogP contribution < -0.4 is 5.32 Å². The Labute approximate surface area is 266 Å². The van der Waals surface area contributed by atoms with Crippen LogP contribution in [-0.2, 0) is 4.79 Å². The van der Waals surface area contributed by atoms with Crippen LogP contribution in [0.4, 0.5) is 0 Å². The molecule has 0 heterocycles. The zero-order valence-electron chi connectivity index (χ0n) is 28.5. The van der Waals surface area contributed by atoms with Crippen molar-refractivity contribution in [3.8, 4) is 0 Å². The molecule has 0 fully saturated rings. The first kappa shape index (κ1) is 42.0. The van der Waals surface area contributed by atoms with Gasteiger partial charge in [-0.05, 0) is 38.5 Å². The molecular weight excluding hydrogens is 538 g/mol. The molecule has 0 aliphatic rings. The predicted molar refractivity (Wildman–Crippen MR) is 182 cm³/mol. The summed E-state index contributed by atoms with van der Waals surface area (Å²) in [5.74, 6) is -0.594. The van der Waals surface area contributed by atoms with Crippen molar-refractivity contribution in [2.75, 3.05) is 6.61 Å². The maximum Gasteiger partial charge on any atom is 0.249 e. The third kappa shape index (κ3) is 27.1. The van der Waals surface area contributed by atoms with E-state index < -0.39 is 36.9 Å². The highest BCUT2D eigenvalue weighted by Crippen LogP contribution is 2.15. The molecule has 0 aliphatic heterocycles. The Bertz CT molecular complexity index is 614. The van der Waals surface area contributed by atoms with Crippen LogP contribution in [0.3, 0.4) is 0 Å². The van der Waals surface area contributed by atoms with Crippen LogP contribution in [0, 0.1) is 0 Å². The number of unbranched alkanes of at least 4 members (excludes halogenated alkanes) is 22. The van der Waals surface area contributed by atoms with Gasteiger partial charge >= 0.3 is 0 Å². The van der Waals surface area contributed by atoms with Gasteiger partial charge in [0, 0.05) is 0 Å². The van der Waals surface area contributed by atoms with Crippen molar-refractivity contribution >= 4 is 5.91 Å². The molecule has 5 N–H and O–H groups in total. The number of amides is 1. The minimum atomic E-state index is -1.27. The minimum Gasteiger partial charge on any atom is -0.394 e. The van der Waals surface area contributed by atoms with Crippen LogP contribution in [0.2, 0.25) is 0 Å². The lowest BCUT2D eigenvalue weighted by Crippen LogP contribution is -2.53. The van der Waals surface area contributed by atoms with Crippen LogP contribution in [0.5, 0.6) is 0 Å². The van der Waals surface area contributed by atoms with E-state index in [2.05, 4.69) is 31.3 Å². The van der Waals surface area contributed by atoms with Gasteiger partial charge in [0.25, 0.3) is 0 Å². The van der Waals surface area contributed by atoms with Crippen molar-refractivity contribution in [1.29, 1.82) is 0 Å². The van der Waals surface area contributed by atoms with Gasteiger partial charge < -0.3 is 25.7 Å². The highest BCUT2D eigenvalue weighted by molar-refractivity contribution is 5.80. The van der Waals surface area contributed by atoms with E-state index in [9.17, 15) is 25.2 Å². The molecule has 0 rings (SSSR count). The summed E-state index contributed by atoms with van der Waals surface area (Å²) in [6, 6.07) is -0.994. The van der Waals surface area contributed by atoms with E-state index in [1.807, 2.05) is 0 Å². The minimum absolute atomic E-state index is 0.367. The van der Waals surface area contributed by atoms with Gasteiger partial charge in [-0.25, -0.2) is 0 Å². The number of rotatable bonds is 33. The summed E-state index contributed by atoms with van der Waals surface area (Å²) in [6.07, 6.45) is 32.3. The molecule has 0 aliphatic carbocycles. The zero-order chi connectivity index (χ0) is 31.8. The molecule has 4 unspecified atom stereocenters. The van der Waals surface area contributed by atoms with E-state index in [0.717, 1.165) is 38.5 Å². The number of aliphatic hydroxyl groups is 4. The molecule has 0 bridgehead atoms. The Balaban J connectivity index is 3.85. The normalized spacial score (nSPS) is 14.7. The number of carbonyl (C=O) groups is 1. The van der Waals surface area contributed by atoms with Crippen LogP contribution in [-0.4, -0.2) is 57.3 Å². The third-order valence-corrected chi connectivity index (χ3v) is 8.73. The molecule has 0 saturated heterocycles. The van der Waals surface area contributed by atoms with Crippen molar-refractivity contribution in [2.24, 2.45) is 0 Å². The van der Waals surface area contributed by atoms with Crippen LogP contribution in [0.25, 0.3) is 0 Å². The molecular formula is C37H73NO5. The Hall–Kier alpha value is -0.950. The molecule has 0 aromatic heterocycles. The van der Waals surface area contributed by atoms with E-state index >= 15 is 0 Å². The van der Waals surface area contributed by atoms with Crippen molar-refractivity contribution in [2.45, 2.75) is 212 Å². The average molecular weight is 612 g/mol. The highest BCUT2D eigenvalue weighted by atomic mass is 16.3. The predicted octanol–water partition coefficient (Wildman–Crippen LogP) is 8.67. The molecule has 6 nitrogen and oxygen atoms in total. The summed E-state index contributed by atoms with van der Waals surface area (Å²) in [5, 5.41) is 43.4. The van der Waals surface area contributed by atoms with Crippen molar-refractivity contribution in [1.82, 2.24) is 5.32 Å². The number of carbonyl (C=O) groups excluding carboxylic acids is 1. The lowest BCUT2D eigenvalue weighted by molar-refractivity contribution is -0.132. The number of nitrogens with one attached hydrogen (secondary N) is 1. The Morgan fingerprint density at radius 1 is 0.558 bits per heavy atom. The third-order valence-electron chi connectivity index (χ3n) is 8.73. The monoisotopic (exact) mass is 612 g/mol. The van der Waals surface area contributed by atoms with Gasteiger partial charge in [-0.1, -0.05) is 161 Å². The fourth-order valence-electron chi connectivity index (χ4n) is 5.70. The first-order chi connectivity index (χ1) is 21.0. The first-order valence-corrected chi connectivity index (χ1v) is 18.6. The first-order valence-electron chi connectivity index (χ1n) is 18.6. The molecule has 0 aromatic rings. The van der Waals surface area contributed by atoms with Gasteiger partial charge in [-0.3, -0.25) is 4.79 Å². The summed E-state index contributed by atoms with van der Waals surface area (Å²) in [5.41, 5.74) is 0. The Morgan fingerprint density at radius 2 is 0.953 bits per heavy atom. The quantitative estimate of drug-likeness (QED) is 0.0377. The summed E-state index contributed by atoms with van der Waals surface area (Å²) in [4.78, 5) is 12.4. The lowest BCUT2D eigenvalue weighted by Gasteiger charge is -2.27. The fourth-order valence-corrected chi connectivity index (χ4v) is 5.70. The number of hydrogen-bond donors (Lipinski definition) is 5. The Kier molecular flexibility index (Phi) is 31.7. The second-order valence-corrected chi connectivity index (χ2v) is 12.9. The average Bonchev–Trinajstić information content (AvgIpc) is 3.01. The van der Waals surface area contributed by atoms with Gasteiger partial charge in [-0.15, -0.1) is 0 Å².